The maximum absolute atomic E-state index is 5.35. The van der Waals surface area contributed by atoms with Gasteiger partial charge in [0.05, 0.1) is 16.1 Å². The van der Waals surface area contributed by atoms with Gasteiger partial charge in [-0.2, -0.15) is 0 Å². The minimum atomic E-state index is 0.846. The summed E-state index contributed by atoms with van der Waals surface area (Å²) in [5, 5.41) is 4.09. The molecular weight excluding hydrogens is 354 g/mol. The van der Waals surface area contributed by atoms with Crippen LogP contribution in [0.5, 0.6) is 0 Å². The van der Waals surface area contributed by atoms with Crippen LogP contribution in [-0.4, -0.2) is 17.2 Å². The molecule has 4 rings (SSSR count). The number of nitrogens with zero attached hydrogens (tertiary/aromatic N) is 3. The lowest BCUT2D eigenvalue weighted by Crippen LogP contribution is -2.11. The minimum Gasteiger partial charge on any atom is -0.361 e. The Morgan fingerprint density at radius 1 is 0.963 bits per heavy atom. The summed E-state index contributed by atoms with van der Waals surface area (Å²) in [6.07, 6.45) is 1.90. The van der Waals surface area contributed by atoms with Crippen molar-refractivity contribution in [3.8, 4) is 21.6 Å². The van der Waals surface area contributed by atoms with E-state index >= 15 is 0 Å². The molecule has 0 fully saturated rings. The molecule has 0 aliphatic rings. The van der Waals surface area contributed by atoms with Crippen molar-refractivity contribution in [1.29, 1.82) is 0 Å². The van der Waals surface area contributed by atoms with Crippen LogP contribution in [0.15, 0.2) is 58.7 Å². The summed E-state index contributed by atoms with van der Waals surface area (Å²) in [7, 11) is 2.10. The molecular formula is C22H21N3OS. The first-order chi connectivity index (χ1) is 13.0. The molecule has 0 N–H and O–H groups in total. The van der Waals surface area contributed by atoms with Crippen molar-refractivity contribution in [3.63, 3.8) is 0 Å². The van der Waals surface area contributed by atoms with E-state index < -0.39 is 0 Å². The predicted molar refractivity (Wildman–Crippen MR) is 112 cm³/mol. The van der Waals surface area contributed by atoms with Crippen molar-refractivity contribution in [2.45, 2.75) is 20.8 Å². The summed E-state index contributed by atoms with van der Waals surface area (Å²) < 4.78 is 5.35. The lowest BCUT2D eigenvalue weighted by atomic mass is 10.0. The highest BCUT2D eigenvalue weighted by molar-refractivity contribution is 7.13. The van der Waals surface area contributed by atoms with E-state index in [-0.39, 0.29) is 0 Å². The van der Waals surface area contributed by atoms with Gasteiger partial charge in [-0.15, -0.1) is 11.3 Å². The molecule has 0 unspecified atom stereocenters. The molecule has 0 saturated heterocycles. The largest absolute Gasteiger partial charge is 0.361 e. The molecule has 27 heavy (non-hydrogen) atoms. The SMILES string of the molecule is Cc1ccc(-c2c(C)noc2C)cc1N(C)c1ccc(-c2cncs2)cc1. The van der Waals surface area contributed by atoms with Crippen LogP contribution in [0.4, 0.5) is 11.4 Å². The second-order valence-corrected chi connectivity index (χ2v) is 7.56. The molecule has 0 aliphatic heterocycles. The van der Waals surface area contributed by atoms with Crippen LogP contribution in [-0.2, 0) is 0 Å². The van der Waals surface area contributed by atoms with Gasteiger partial charge in [0.25, 0.3) is 0 Å². The Morgan fingerprint density at radius 3 is 2.33 bits per heavy atom. The van der Waals surface area contributed by atoms with Crippen molar-refractivity contribution in [3.05, 3.63) is 71.2 Å². The summed E-state index contributed by atoms with van der Waals surface area (Å²) in [6.45, 7) is 6.07. The van der Waals surface area contributed by atoms with Crippen LogP contribution < -0.4 is 4.90 Å². The Kier molecular flexibility index (Phi) is 4.54. The van der Waals surface area contributed by atoms with Crippen LogP contribution in [0.1, 0.15) is 17.0 Å². The topological polar surface area (TPSA) is 42.2 Å². The molecule has 2 aromatic heterocycles. The van der Waals surface area contributed by atoms with Gasteiger partial charge in [-0.1, -0.05) is 29.4 Å². The highest BCUT2D eigenvalue weighted by Crippen LogP contribution is 2.35. The van der Waals surface area contributed by atoms with Crippen LogP contribution in [0, 0.1) is 20.8 Å². The molecule has 4 aromatic rings. The van der Waals surface area contributed by atoms with Crippen LogP contribution in [0.2, 0.25) is 0 Å². The maximum Gasteiger partial charge on any atom is 0.141 e. The fourth-order valence-electron chi connectivity index (χ4n) is 3.37. The molecule has 4 nitrogen and oxygen atoms in total. The van der Waals surface area contributed by atoms with E-state index in [0.29, 0.717) is 0 Å². The van der Waals surface area contributed by atoms with Gasteiger partial charge in [0.2, 0.25) is 0 Å². The van der Waals surface area contributed by atoms with Crippen molar-refractivity contribution in [1.82, 2.24) is 10.1 Å². The third kappa shape index (κ3) is 3.26. The third-order valence-electron chi connectivity index (χ3n) is 4.86. The lowest BCUT2D eigenvalue weighted by molar-refractivity contribution is 0.393. The van der Waals surface area contributed by atoms with Gasteiger partial charge in [-0.05, 0) is 55.7 Å². The van der Waals surface area contributed by atoms with Gasteiger partial charge in [0.15, 0.2) is 0 Å². The normalized spacial score (nSPS) is 11.0. The lowest BCUT2D eigenvalue weighted by Gasteiger charge is -2.23. The molecule has 0 aliphatic carbocycles. The highest BCUT2D eigenvalue weighted by atomic mass is 32.1. The molecule has 5 heteroatoms. The van der Waals surface area contributed by atoms with E-state index in [2.05, 4.69) is 71.5 Å². The van der Waals surface area contributed by atoms with E-state index in [1.54, 1.807) is 11.3 Å². The molecule has 0 amide bonds. The Bertz CT molecular complexity index is 1050. The molecule has 0 radical (unpaired) electrons. The van der Waals surface area contributed by atoms with Gasteiger partial charge >= 0.3 is 0 Å². The second-order valence-electron chi connectivity index (χ2n) is 6.67. The highest BCUT2D eigenvalue weighted by Gasteiger charge is 2.15. The van der Waals surface area contributed by atoms with E-state index in [1.165, 1.54) is 16.0 Å². The summed E-state index contributed by atoms with van der Waals surface area (Å²) in [5.74, 6) is 0.846. The minimum absolute atomic E-state index is 0.846. The van der Waals surface area contributed by atoms with Gasteiger partial charge in [-0.3, -0.25) is 4.98 Å². The zero-order valence-corrected chi connectivity index (χ0v) is 16.7. The van der Waals surface area contributed by atoms with E-state index in [4.69, 9.17) is 4.52 Å². The van der Waals surface area contributed by atoms with E-state index in [0.717, 1.165) is 34.0 Å². The van der Waals surface area contributed by atoms with Gasteiger partial charge in [0.1, 0.15) is 5.76 Å². The molecule has 0 atom stereocenters. The van der Waals surface area contributed by atoms with Crippen molar-refractivity contribution < 1.29 is 4.52 Å². The quantitative estimate of drug-likeness (QED) is 0.428. The zero-order valence-electron chi connectivity index (χ0n) is 15.9. The smallest absolute Gasteiger partial charge is 0.141 e. The van der Waals surface area contributed by atoms with Gasteiger partial charge < -0.3 is 9.42 Å². The molecule has 0 saturated carbocycles. The number of rotatable bonds is 4. The predicted octanol–water partition coefficient (Wildman–Crippen LogP) is 6.16. The number of hydrogen-bond acceptors (Lipinski definition) is 5. The summed E-state index contributed by atoms with van der Waals surface area (Å²) in [5.41, 5.74) is 9.69. The molecule has 2 aromatic carbocycles. The second kappa shape index (κ2) is 7.00. The average molecular weight is 375 g/mol. The molecule has 0 bridgehead atoms. The van der Waals surface area contributed by atoms with Gasteiger partial charge in [-0.25, -0.2) is 0 Å². The fourth-order valence-corrected chi connectivity index (χ4v) is 4.00. The van der Waals surface area contributed by atoms with Crippen molar-refractivity contribution >= 4 is 22.7 Å². The fraction of sp³-hybridized carbons (Fsp3) is 0.182. The first kappa shape index (κ1) is 17.5. The third-order valence-corrected chi connectivity index (χ3v) is 5.69. The van der Waals surface area contributed by atoms with E-state index in [1.807, 2.05) is 25.6 Å². The number of aryl methyl sites for hydroxylation is 3. The monoisotopic (exact) mass is 375 g/mol. The number of benzene rings is 2. The molecule has 0 spiro atoms. The van der Waals surface area contributed by atoms with E-state index in [9.17, 15) is 0 Å². The zero-order chi connectivity index (χ0) is 19.0. The van der Waals surface area contributed by atoms with Crippen LogP contribution >= 0.6 is 11.3 Å². The Hall–Kier alpha value is -2.92. The maximum atomic E-state index is 5.35. The number of aromatic nitrogens is 2. The Labute approximate surface area is 163 Å². The van der Waals surface area contributed by atoms with Crippen LogP contribution in [0.3, 0.4) is 0 Å². The molecule has 136 valence electrons. The Balaban J connectivity index is 1.69. The Morgan fingerprint density at radius 2 is 1.70 bits per heavy atom. The standard InChI is InChI=1S/C22H21N3OS/c1-14-5-6-18(22-15(2)24-26-16(22)3)11-20(14)25(4)19-9-7-17(8-10-19)21-12-23-13-27-21/h5-13H,1-4H3. The number of anilines is 2. The number of hydrogen-bond donors (Lipinski definition) is 0. The van der Waals surface area contributed by atoms with Gasteiger partial charge in [0, 0.05) is 30.2 Å². The van der Waals surface area contributed by atoms with Crippen molar-refractivity contribution in [2.75, 3.05) is 11.9 Å². The van der Waals surface area contributed by atoms with Crippen molar-refractivity contribution in [2.24, 2.45) is 0 Å². The molecule has 2 heterocycles. The average Bonchev–Trinajstić information content (AvgIpc) is 3.32. The number of thiazole rings is 1. The van der Waals surface area contributed by atoms with Crippen LogP contribution in [0.25, 0.3) is 21.6 Å². The summed E-state index contributed by atoms with van der Waals surface area (Å²) in [4.78, 5) is 7.56. The summed E-state index contributed by atoms with van der Waals surface area (Å²) >= 11 is 1.65. The first-order valence-corrected chi connectivity index (χ1v) is 9.69. The first-order valence-electron chi connectivity index (χ1n) is 8.81. The summed E-state index contributed by atoms with van der Waals surface area (Å²) in [6, 6.07) is 15.1.